The summed E-state index contributed by atoms with van der Waals surface area (Å²) in [5.41, 5.74) is 1.83. The van der Waals surface area contributed by atoms with Gasteiger partial charge in [-0.25, -0.2) is 0 Å². The molecule has 1 heterocycles. The number of aliphatic hydroxyl groups excluding tert-OH is 4. The summed E-state index contributed by atoms with van der Waals surface area (Å²) >= 11 is 0. The average molecular weight is 443 g/mol. The number of allylic oxidation sites excluding steroid dienone is 1. The van der Waals surface area contributed by atoms with Crippen molar-refractivity contribution in [2.24, 2.45) is 11.8 Å². The van der Waals surface area contributed by atoms with Crippen molar-refractivity contribution in [3.8, 4) is 0 Å². The molecule has 1 fully saturated rings. The number of carbonyl (C=O) groups is 1. The van der Waals surface area contributed by atoms with Gasteiger partial charge in [0.1, 0.15) is 31.0 Å². The summed E-state index contributed by atoms with van der Waals surface area (Å²) in [6, 6.07) is 0. The lowest BCUT2D eigenvalue weighted by Crippen LogP contribution is -2.60. The molecule has 8 atom stereocenters. The SMILES string of the molecule is C=C1CCC(C(C)C)C(OC2OC(COC(C)=O)C(O)C(O)C2O)C=C(C)CCC1O. The van der Waals surface area contributed by atoms with Crippen LogP contribution in [-0.2, 0) is 19.0 Å². The molecule has 1 aliphatic carbocycles. The summed E-state index contributed by atoms with van der Waals surface area (Å²) in [6.45, 7) is 11.1. The van der Waals surface area contributed by atoms with E-state index in [0.29, 0.717) is 19.3 Å². The Hall–Kier alpha value is -1.29. The molecule has 2 aliphatic rings. The van der Waals surface area contributed by atoms with Crippen molar-refractivity contribution < 1.29 is 39.4 Å². The van der Waals surface area contributed by atoms with Crippen LogP contribution in [0.15, 0.2) is 23.8 Å². The first-order chi connectivity index (χ1) is 14.5. The van der Waals surface area contributed by atoms with Gasteiger partial charge in [-0.2, -0.15) is 0 Å². The smallest absolute Gasteiger partial charge is 0.302 e. The normalized spacial score (nSPS) is 38.0. The van der Waals surface area contributed by atoms with Crippen molar-refractivity contribution in [3.05, 3.63) is 23.8 Å². The zero-order valence-electron chi connectivity index (χ0n) is 18.9. The Morgan fingerprint density at radius 2 is 1.84 bits per heavy atom. The minimum atomic E-state index is -1.50. The molecule has 0 aromatic carbocycles. The van der Waals surface area contributed by atoms with Crippen LogP contribution in [-0.4, -0.2) is 75.9 Å². The van der Waals surface area contributed by atoms with E-state index in [9.17, 15) is 25.2 Å². The number of esters is 1. The van der Waals surface area contributed by atoms with Crippen LogP contribution in [0.2, 0.25) is 0 Å². The van der Waals surface area contributed by atoms with Gasteiger partial charge in [0.25, 0.3) is 0 Å². The standard InChI is InChI=1S/C23H38O8/c1-12(2)16-8-7-14(4)17(25)9-6-13(3)10-18(16)30-23-22(28)21(27)20(26)19(31-23)11-29-15(5)24/h10,12,16-23,25-28H,4,6-9,11H2,1-3,5H3. The van der Waals surface area contributed by atoms with Crippen LogP contribution < -0.4 is 0 Å². The Morgan fingerprint density at radius 3 is 2.45 bits per heavy atom. The highest BCUT2D eigenvalue weighted by molar-refractivity contribution is 5.65. The molecule has 0 spiro atoms. The molecule has 0 amide bonds. The van der Waals surface area contributed by atoms with E-state index in [2.05, 4.69) is 20.4 Å². The number of ether oxygens (including phenoxy) is 3. The van der Waals surface area contributed by atoms with Gasteiger partial charge in [-0.3, -0.25) is 4.79 Å². The van der Waals surface area contributed by atoms with Crippen molar-refractivity contribution in [1.82, 2.24) is 0 Å². The van der Waals surface area contributed by atoms with E-state index in [0.717, 1.165) is 17.6 Å². The minimum Gasteiger partial charge on any atom is -0.463 e. The van der Waals surface area contributed by atoms with Gasteiger partial charge in [0, 0.05) is 6.92 Å². The molecule has 1 saturated heterocycles. The van der Waals surface area contributed by atoms with Crippen LogP contribution in [0.3, 0.4) is 0 Å². The van der Waals surface area contributed by atoms with Crippen LogP contribution in [0, 0.1) is 11.8 Å². The molecular weight excluding hydrogens is 404 g/mol. The van der Waals surface area contributed by atoms with Crippen molar-refractivity contribution in [1.29, 1.82) is 0 Å². The Bertz CT molecular complexity index is 645. The fraction of sp³-hybridized carbons (Fsp3) is 0.783. The first-order valence-electron chi connectivity index (χ1n) is 11.0. The van der Waals surface area contributed by atoms with Gasteiger partial charge < -0.3 is 34.6 Å². The predicted octanol–water partition coefficient (Wildman–Crippen LogP) is 1.45. The van der Waals surface area contributed by atoms with E-state index < -0.39 is 48.9 Å². The molecule has 2 rings (SSSR count). The van der Waals surface area contributed by atoms with Gasteiger partial charge in [0.15, 0.2) is 6.29 Å². The summed E-state index contributed by atoms with van der Waals surface area (Å²) in [4.78, 5) is 11.1. The van der Waals surface area contributed by atoms with Crippen LogP contribution in [0.1, 0.15) is 53.4 Å². The van der Waals surface area contributed by atoms with Crippen molar-refractivity contribution in [2.45, 2.75) is 96.3 Å². The fourth-order valence-corrected chi connectivity index (χ4v) is 4.11. The molecule has 0 saturated carbocycles. The minimum absolute atomic E-state index is 0.0451. The van der Waals surface area contributed by atoms with E-state index in [1.54, 1.807) is 0 Å². The predicted molar refractivity (Wildman–Crippen MR) is 114 cm³/mol. The molecule has 8 heteroatoms. The van der Waals surface area contributed by atoms with Gasteiger partial charge in [-0.05, 0) is 50.0 Å². The Labute approximate surface area is 184 Å². The summed E-state index contributed by atoms with van der Waals surface area (Å²) in [6.07, 6.45) is -2.93. The number of carbonyl (C=O) groups excluding carboxylic acids is 1. The molecule has 8 nitrogen and oxygen atoms in total. The second-order valence-electron chi connectivity index (χ2n) is 9.09. The highest BCUT2D eigenvalue weighted by atomic mass is 16.7. The van der Waals surface area contributed by atoms with Crippen LogP contribution in [0.25, 0.3) is 0 Å². The van der Waals surface area contributed by atoms with Gasteiger partial charge in [0.2, 0.25) is 0 Å². The van der Waals surface area contributed by atoms with Crippen LogP contribution in [0.5, 0.6) is 0 Å². The maximum Gasteiger partial charge on any atom is 0.302 e. The molecule has 4 N–H and O–H groups in total. The van der Waals surface area contributed by atoms with Crippen molar-refractivity contribution >= 4 is 5.97 Å². The molecule has 8 unspecified atom stereocenters. The van der Waals surface area contributed by atoms with E-state index >= 15 is 0 Å². The Balaban J connectivity index is 2.24. The average Bonchev–Trinajstić information content (AvgIpc) is 2.70. The van der Waals surface area contributed by atoms with E-state index in [1.165, 1.54) is 6.92 Å². The lowest BCUT2D eigenvalue weighted by atomic mass is 9.82. The molecule has 1 aliphatic heterocycles. The van der Waals surface area contributed by atoms with Crippen LogP contribution >= 0.6 is 0 Å². The third-order valence-corrected chi connectivity index (χ3v) is 6.22. The molecule has 0 aromatic heterocycles. The van der Waals surface area contributed by atoms with Gasteiger partial charge in [-0.15, -0.1) is 0 Å². The highest BCUT2D eigenvalue weighted by Gasteiger charge is 2.46. The summed E-state index contributed by atoms with van der Waals surface area (Å²) in [7, 11) is 0. The largest absolute Gasteiger partial charge is 0.463 e. The second kappa shape index (κ2) is 11.5. The summed E-state index contributed by atoms with van der Waals surface area (Å²) in [5, 5.41) is 41.3. The molecule has 178 valence electrons. The first-order valence-corrected chi connectivity index (χ1v) is 11.0. The number of rotatable bonds is 5. The number of hydrogen-bond acceptors (Lipinski definition) is 8. The number of aliphatic hydroxyl groups is 4. The summed E-state index contributed by atoms with van der Waals surface area (Å²) in [5.74, 6) is -0.266. The van der Waals surface area contributed by atoms with Gasteiger partial charge in [0.05, 0.1) is 12.2 Å². The van der Waals surface area contributed by atoms with Gasteiger partial charge >= 0.3 is 5.97 Å². The molecule has 0 aromatic rings. The zero-order chi connectivity index (χ0) is 23.3. The fourth-order valence-electron chi connectivity index (χ4n) is 4.11. The van der Waals surface area contributed by atoms with Gasteiger partial charge in [-0.1, -0.05) is 32.1 Å². The summed E-state index contributed by atoms with van der Waals surface area (Å²) < 4.78 is 16.8. The molecular formula is C23H38O8. The van der Waals surface area contributed by atoms with E-state index in [1.807, 2.05) is 13.0 Å². The lowest BCUT2D eigenvalue weighted by molar-refractivity contribution is -0.312. The van der Waals surface area contributed by atoms with E-state index in [4.69, 9.17) is 14.2 Å². The molecule has 0 radical (unpaired) electrons. The quantitative estimate of drug-likeness (QED) is 0.372. The maximum atomic E-state index is 11.1. The molecule has 31 heavy (non-hydrogen) atoms. The third kappa shape index (κ3) is 7.10. The zero-order valence-corrected chi connectivity index (χ0v) is 18.9. The van der Waals surface area contributed by atoms with Crippen LogP contribution in [0.4, 0.5) is 0 Å². The first kappa shape index (κ1) is 26.0. The number of hydrogen-bond donors (Lipinski definition) is 4. The lowest BCUT2D eigenvalue weighted by Gasteiger charge is -2.42. The van der Waals surface area contributed by atoms with Crippen molar-refractivity contribution in [3.63, 3.8) is 0 Å². The highest BCUT2D eigenvalue weighted by Crippen LogP contribution is 2.33. The third-order valence-electron chi connectivity index (χ3n) is 6.22. The second-order valence-corrected chi connectivity index (χ2v) is 9.09. The Morgan fingerprint density at radius 1 is 1.16 bits per heavy atom. The maximum absolute atomic E-state index is 11.1. The Kier molecular flexibility index (Phi) is 9.66. The van der Waals surface area contributed by atoms with E-state index in [-0.39, 0.29) is 18.4 Å². The molecule has 0 bridgehead atoms. The monoisotopic (exact) mass is 442 g/mol. The van der Waals surface area contributed by atoms with Crippen molar-refractivity contribution in [2.75, 3.05) is 6.61 Å². The topological polar surface area (TPSA) is 126 Å².